The van der Waals surface area contributed by atoms with Crippen LogP contribution in [0.5, 0.6) is 0 Å². The fourth-order valence-corrected chi connectivity index (χ4v) is 2.35. The third kappa shape index (κ3) is 3.26. The largest absolute Gasteiger partial charge is 0.478 e. The van der Waals surface area contributed by atoms with Crippen molar-refractivity contribution in [2.24, 2.45) is 5.73 Å². The Hall–Kier alpha value is -1.44. The summed E-state index contributed by atoms with van der Waals surface area (Å²) < 4.78 is 25.7. The summed E-state index contributed by atoms with van der Waals surface area (Å²) in [6.45, 7) is 1.89. The van der Waals surface area contributed by atoms with E-state index in [1.165, 1.54) is 12.1 Å². The van der Waals surface area contributed by atoms with Gasteiger partial charge in [0.25, 0.3) is 0 Å². The predicted octanol–water partition coefficient (Wildman–Crippen LogP) is -0.0698. The van der Waals surface area contributed by atoms with E-state index in [0.717, 1.165) is 6.07 Å². The number of carboxylic acid groups (broad SMARTS) is 1. The first kappa shape index (κ1) is 13.6. The van der Waals surface area contributed by atoms with Crippen LogP contribution >= 0.6 is 0 Å². The summed E-state index contributed by atoms with van der Waals surface area (Å²) in [7, 11) is -3.69. The summed E-state index contributed by atoms with van der Waals surface area (Å²) >= 11 is 0. The van der Waals surface area contributed by atoms with E-state index in [1.54, 1.807) is 6.92 Å². The number of nitrogens with one attached hydrogen (secondary N) is 1. The van der Waals surface area contributed by atoms with Crippen molar-refractivity contribution in [2.75, 3.05) is 13.1 Å². The van der Waals surface area contributed by atoms with E-state index in [4.69, 9.17) is 10.8 Å². The molecule has 0 aromatic heterocycles. The van der Waals surface area contributed by atoms with Crippen molar-refractivity contribution in [3.63, 3.8) is 0 Å². The molecular weight excluding hydrogens is 244 g/mol. The van der Waals surface area contributed by atoms with Crippen molar-refractivity contribution in [2.45, 2.75) is 11.8 Å². The maximum Gasteiger partial charge on any atom is 0.335 e. The Bertz CT molecular complexity index is 525. The molecule has 0 saturated carbocycles. The van der Waals surface area contributed by atoms with Gasteiger partial charge in [0.05, 0.1) is 10.5 Å². The van der Waals surface area contributed by atoms with E-state index in [-0.39, 0.29) is 23.5 Å². The molecule has 0 heterocycles. The first-order chi connectivity index (χ1) is 7.88. The van der Waals surface area contributed by atoms with E-state index >= 15 is 0 Å². The molecule has 0 amide bonds. The van der Waals surface area contributed by atoms with Crippen molar-refractivity contribution < 1.29 is 18.3 Å². The molecule has 17 heavy (non-hydrogen) atoms. The smallest absolute Gasteiger partial charge is 0.335 e. The molecule has 0 saturated heterocycles. The number of carboxylic acids is 1. The quantitative estimate of drug-likeness (QED) is 0.685. The molecule has 0 atom stereocenters. The molecule has 1 aromatic carbocycles. The number of carbonyl (C=O) groups is 1. The molecule has 0 bridgehead atoms. The van der Waals surface area contributed by atoms with Crippen LogP contribution in [0.1, 0.15) is 15.9 Å². The van der Waals surface area contributed by atoms with Gasteiger partial charge >= 0.3 is 5.97 Å². The summed E-state index contributed by atoms with van der Waals surface area (Å²) in [5.41, 5.74) is 5.68. The minimum atomic E-state index is -3.69. The zero-order valence-electron chi connectivity index (χ0n) is 9.30. The maximum absolute atomic E-state index is 11.7. The summed E-state index contributed by atoms with van der Waals surface area (Å²) in [6.07, 6.45) is 0. The van der Waals surface area contributed by atoms with Crippen LogP contribution in [-0.4, -0.2) is 32.6 Å². The highest BCUT2D eigenvalue weighted by molar-refractivity contribution is 7.89. The number of sulfonamides is 1. The number of benzene rings is 1. The highest BCUT2D eigenvalue weighted by Crippen LogP contribution is 2.15. The van der Waals surface area contributed by atoms with Crippen LogP contribution in [0.4, 0.5) is 0 Å². The normalized spacial score (nSPS) is 11.4. The van der Waals surface area contributed by atoms with Gasteiger partial charge in [0.15, 0.2) is 0 Å². The third-order valence-electron chi connectivity index (χ3n) is 2.19. The Balaban J connectivity index is 3.16. The van der Waals surface area contributed by atoms with E-state index < -0.39 is 16.0 Å². The first-order valence-corrected chi connectivity index (χ1v) is 6.40. The van der Waals surface area contributed by atoms with E-state index in [1.807, 2.05) is 0 Å². The second-order valence-corrected chi connectivity index (χ2v) is 5.24. The molecule has 0 fully saturated rings. The molecule has 4 N–H and O–H groups in total. The zero-order chi connectivity index (χ0) is 13.1. The van der Waals surface area contributed by atoms with Gasteiger partial charge in [-0.1, -0.05) is 6.07 Å². The lowest BCUT2D eigenvalue weighted by molar-refractivity contribution is 0.0696. The monoisotopic (exact) mass is 258 g/mol. The van der Waals surface area contributed by atoms with Crippen LogP contribution < -0.4 is 10.5 Å². The number of aromatic carboxylic acids is 1. The van der Waals surface area contributed by atoms with Gasteiger partial charge in [-0.25, -0.2) is 17.9 Å². The Labute approximate surface area is 99.5 Å². The Morgan fingerprint density at radius 2 is 2.12 bits per heavy atom. The van der Waals surface area contributed by atoms with Crippen LogP contribution in [0, 0.1) is 6.92 Å². The van der Waals surface area contributed by atoms with Crippen molar-refractivity contribution in [3.8, 4) is 0 Å². The number of hydrogen-bond acceptors (Lipinski definition) is 4. The second kappa shape index (κ2) is 5.26. The first-order valence-electron chi connectivity index (χ1n) is 4.92. The van der Waals surface area contributed by atoms with E-state index in [9.17, 15) is 13.2 Å². The number of rotatable bonds is 5. The third-order valence-corrected chi connectivity index (χ3v) is 3.64. The standard InChI is InChI=1S/C10H14N2O4S/c1-7-2-3-8(6-9(7)10(13)14)17(15,16)12-5-4-11/h2-3,6,12H,4-5,11H2,1H3,(H,13,14). The zero-order valence-corrected chi connectivity index (χ0v) is 10.1. The fourth-order valence-electron chi connectivity index (χ4n) is 1.28. The fraction of sp³-hybridized carbons (Fsp3) is 0.300. The average molecular weight is 258 g/mol. The molecule has 1 rings (SSSR count). The highest BCUT2D eigenvalue weighted by Gasteiger charge is 2.16. The summed E-state index contributed by atoms with van der Waals surface area (Å²) in [6, 6.07) is 3.96. The highest BCUT2D eigenvalue weighted by atomic mass is 32.2. The summed E-state index contributed by atoms with van der Waals surface area (Å²) in [4.78, 5) is 10.8. The van der Waals surface area contributed by atoms with Crippen LogP contribution in [0.25, 0.3) is 0 Å². The van der Waals surface area contributed by atoms with Crippen LogP contribution in [0.3, 0.4) is 0 Å². The molecule has 7 heteroatoms. The van der Waals surface area contributed by atoms with Crippen LogP contribution in [-0.2, 0) is 10.0 Å². The lowest BCUT2D eigenvalue weighted by atomic mass is 10.1. The van der Waals surface area contributed by atoms with Crippen LogP contribution in [0.15, 0.2) is 23.1 Å². The van der Waals surface area contributed by atoms with Crippen molar-refractivity contribution >= 4 is 16.0 Å². The SMILES string of the molecule is Cc1ccc(S(=O)(=O)NCCN)cc1C(=O)O. The predicted molar refractivity (Wildman–Crippen MR) is 62.4 cm³/mol. The topological polar surface area (TPSA) is 109 Å². The molecule has 0 unspecified atom stereocenters. The molecule has 0 aliphatic heterocycles. The second-order valence-electron chi connectivity index (χ2n) is 3.47. The molecule has 94 valence electrons. The van der Waals surface area contributed by atoms with Gasteiger partial charge in [-0.15, -0.1) is 0 Å². The molecule has 6 nitrogen and oxygen atoms in total. The van der Waals surface area contributed by atoms with Crippen molar-refractivity contribution in [3.05, 3.63) is 29.3 Å². The number of nitrogens with two attached hydrogens (primary N) is 1. The van der Waals surface area contributed by atoms with E-state index in [0.29, 0.717) is 5.56 Å². The van der Waals surface area contributed by atoms with Gasteiger partial charge in [0.2, 0.25) is 10.0 Å². The van der Waals surface area contributed by atoms with Gasteiger partial charge in [0, 0.05) is 13.1 Å². The van der Waals surface area contributed by atoms with Gasteiger partial charge in [-0.05, 0) is 24.6 Å². The van der Waals surface area contributed by atoms with Gasteiger partial charge < -0.3 is 10.8 Å². The van der Waals surface area contributed by atoms with Gasteiger partial charge in [-0.2, -0.15) is 0 Å². The molecule has 1 aromatic rings. The summed E-state index contributed by atoms with van der Waals surface area (Å²) in [5, 5.41) is 8.90. The molecule has 0 aliphatic carbocycles. The summed E-state index contributed by atoms with van der Waals surface area (Å²) in [5.74, 6) is -1.15. The Kier molecular flexibility index (Phi) is 4.22. The van der Waals surface area contributed by atoms with Gasteiger partial charge in [-0.3, -0.25) is 0 Å². The Morgan fingerprint density at radius 1 is 1.47 bits per heavy atom. The molecule has 0 radical (unpaired) electrons. The van der Waals surface area contributed by atoms with Crippen LogP contribution in [0.2, 0.25) is 0 Å². The van der Waals surface area contributed by atoms with E-state index in [2.05, 4.69) is 4.72 Å². The number of aryl methyl sites for hydroxylation is 1. The van der Waals surface area contributed by atoms with Crippen molar-refractivity contribution in [1.82, 2.24) is 4.72 Å². The average Bonchev–Trinajstić information content (AvgIpc) is 2.26. The minimum absolute atomic E-state index is 0.0272. The maximum atomic E-state index is 11.7. The number of hydrogen-bond donors (Lipinski definition) is 3. The lowest BCUT2D eigenvalue weighted by Gasteiger charge is -2.07. The molecular formula is C10H14N2O4S. The van der Waals surface area contributed by atoms with Gasteiger partial charge in [0.1, 0.15) is 0 Å². The molecule has 0 aliphatic rings. The van der Waals surface area contributed by atoms with Crippen molar-refractivity contribution in [1.29, 1.82) is 0 Å². The Morgan fingerprint density at radius 3 is 2.65 bits per heavy atom. The minimum Gasteiger partial charge on any atom is -0.478 e. The lowest BCUT2D eigenvalue weighted by Crippen LogP contribution is -2.29. The molecule has 0 spiro atoms.